The molecule has 0 spiro atoms. The molecule has 2 unspecified atom stereocenters. The van der Waals surface area contributed by atoms with Gasteiger partial charge in [0.05, 0.1) is 0 Å². The van der Waals surface area contributed by atoms with Crippen LogP contribution in [0.15, 0.2) is 0 Å². The Morgan fingerprint density at radius 2 is 1.71 bits per heavy atom. The van der Waals surface area contributed by atoms with Crippen LogP contribution in [-0.2, 0) is 0 Å². The first kappa shape index (κ1) is 14.0. The zero-order chi connectivity index (χ0) is 10.8. The van der Waals surface area contributed by atoms with Gasteiger partial charge in [-0.3, -0.25) is 0 Å². The second-order valence-corrected chi connectivity index (χ2v) is 4.64. The lowest BCUT2D eigenvalue weighted by Gasteiger charge is -2.16. The minimum atomic E-state index is 0.353. The zero-order valence-electron chi connectivity index (χ0n) is 10.3. The lowest BCUT2D eigenvalue weighted by atomic mass is 9.91. The predicted octanol–water partition coefficient (Wildman–Crippen LogP) is 4.00. The molecule has 0 radical (unpaired) electrons. The minimum absolute atomic E-state index is 0.353. The van der Waals surface area contributed by atoms with E-state index in [9.17, 15) is 0 Å². The summed E-state index contributed by atoms with van der Waals surface area (Å²) in [5.74, 6) is 1.39. The van der Waals surface area contributed by atoms with Crippen LogP contribution in [0.4, 0.5) is 0 Å². The van der Waals surface area contributed by atoms with Crippen LogP contribution >= 0.6 is 0 Å². The highest BCUT2D eigenvalue weighted by Gasteiger charge is 2.08. The van der Waals surface area contributed by atoms with E-state index >= 15 is 0 Å². The molecule has 0 saturated heterocycles. The molecule has 0 aliphatic carbocycles. The normalized spacial score (nSPS) is 15.4. The van der Waals surface area contributed by atoms with E-state index in [1.807, 2.05) is 0 Å². The van der Waals surface area contributed by atoms with Gasteiger partial charge in [-0.1, -0.05) is 59.3 Å². The maximum Gasteiger partial charge on any atom is 0.0456 e. The van der Waals surface area contributed by atoms with Crippen molar-refractivity contribution in [1.29, 1.82) is 0 Å². The van der Waals surface area contributed by atoms with Crippen LogP contribution in [0.5, 0.6) is 0 Å². The molecule has 0 rings (SSSR count). The van der Waals surface area contributed by atoms with Crippen molar-refractivity contribution in [2.45, 2.75) is 65.7 Å². The number of aliphatic hydroxyl groups excluding tert-OH is 1. The predicted molar refractivity (Wildman–Crippen MR) is 63.4 cm³/mol. The summed E-state index contributed by atoms with van der Waals surface area (Å²) in [4.78, 5) is 0. The first-order valence-corrected chi connectivity index (χ1v) is 6.35. The van der Waals surface area contributed by atoms with Gasteiger partial charge in [0.25, 0.3) is 0 Å². The molecule has 0 aromatic rings. The van der Waals surface area contributed by atoms with E-state index in [2.05, 4.69) is 20.8 Å². The molecule has 0 aromatic heterocycles. The van der Waals surface area contributed by atoms with E-state index in [1.54, 1.807) is 0 Å². The fraction of sp³-hybridized carbons (Fsp3) is 1.00. The summed E-state index contributed by atoms with van der Waals surface area (Å²) < 4.78 is 0. The quantitative estimate of drug-likeness (QED) is 0.558. The Labute approximate surface area is 89.9 Å². The third-order valence-corrected chi connectivity index (χ3v) is 3.17. The lowest BCUT2D eigenvalue weighted by molar-refractivity contribution is 0.219. The van der Waals surface area contributed by atoms with Crippen molar-refractivity contribution >= 4 is 0 Å². The largest absolute Gasteiger partial charge is 0.396 e. The molecular formula is C13H28O. The van der Waals surface area contributed by atoms with E-state index < -0.39 is 0 Å². The van der Waals surface area contributed by atoms with Gasteiger partial charge in [0.15, 0.2) is 0 Å². The van der Waals surface area contributed by atoms with Gasteiger partial charge in [-0.05, 0) is 18.3 Å². The number of unbranched alkanes of at least 4 members (excludes halogenated alkanes) is 2. The number of hydrogen-bond acceptors (Lipinski definition) is 1. The molecule has 86 valence electrons. The Kier molecular flexibility index (Phi) is 9.49. The zero-order valence-corrected chi connectivity index (χ0v) is 10.3. The van der Waals surface area contributed by atoms with Crippen LogP contribution in [0.3, 0.4) is 0 Å². The van der Waals surface area contributed by atoms with Crippen molar-refractivity contribution in [2.24, 2.45) is 11.8 Å². The van der Waals surface area contributed by atoms with Gasteiger partial charge in [-0.15, -0.1) is 0 Å². The molecule has 2 atom stereocenters. The van der Waals surface area contributed by atoms with E-state index in [1.165, 1.54) is 44.9 Å². The highest BCUT2D eigenvalue weighted by atomic mass is 16.3. The fourth-order valence-corrected chi connectivity index (χ4v) is 1.85. The summed E-state index contributed by atoms with van der Waals surface area (Å²) in [6.07, 6.45) is 9.30. The van der Waals surface area contributed by atoms with Gasteiger partial charge in [0, 0.05) is 6.61 Å². The smallest absolute Gasteiger partial charge is 0.0456 e. The van der Waals surface area contributed by atoms with Gasteiger partial charge < -0.3 is 5.11 Å². The maximum absolute atomic E-state index is 8.93. The number of hydrogen-bond donors (Lipinski definition) is 1. The van der Waals surface area contributed by atoms with E-state index in [-0.39, 0.29) is 0 Å². The Morgan fingerprint density at radius 3 is 2.21 bits per heavy atom. The highest BCUT2D eigenvalue weighted by molar-refractivity contribution is 4.60. The van der Waals surface area contributed by atoms with Crippen LogP contribution in [-0.4, -0.2) is 11.7 Å². The molecular weight excluding hydrogens is 172 g/mol. The van der Waals surface area contributed by atoms with Crippen molar-refractivity contribution in [3.8, 4) is 0 Å². The molecule has 0 heterocycles. The van der Waals surface area contributed by atoms with E-state index in [0.717, 1.165) is 5.92 Å². The minimum Gasteiger partial charge on any atom is -0.396 e. The second kappa shape index (κ2) is 9.51. The third kappa shape index (κ3) is 7.37. The van der Waals surface area contributed by atoms with Crippen LogP contribution in [0.25, 0.3) is 0 Å². The van der Waals surface area contributed by atoms with Crippen molar-refractivity contribution in [2.75, 3.05) is 6.61 Å². The first-order valence-electron chi connectivity index (χ1n) is 6.35. The second-order valence-electron chi connectivity index (χ2n) is 4.64. The summed E-state index contributed by atoms with van der Waals surface area (Å²) in [5, 5.41) is 8.93. The van der Waals surface area contributed by atoms with Crippen molar-refractivity contribution < 1.29 is 5.11 Å². The Balaban J connectivity index is 3.47. The van der Waals surface area contributed by atoms with Crippen LogP contribution in [0.1, 0.15) is 65.7 Å². The summed E-state index contributed by atoms with van der Waals surface area (Å²) in [6, 6.07) is 0. The molecule has 1 nitrogen and oxygen atoms in total. The highest BCUT2D eigenvalue weighted by Crippen LogP contribution is 2.21. The van der Waals surface area contributed by atoms with Gasteiger partial charge in [-0.25, -0.2) is 0 Å². The Morgan fingerprint density at radius 1 is 1.00 bits per heavy atom. The molecule has 0 saturated carbocycles. The lowest BCUT2D eigenvalue weighted by Crippen LogP contribution is -2.05. The summed E-state index contributed by atoms with van der Waals surface area (Å²) >= 11 is 0. The molecule has 1 heteroatoms. The number of rotatable bonds is 9. The van der Waals surface area contributed by atoms with Crippen LogP contribution in [0, 0.1) is 11.8 Å². The molecule has 1 N–H and O–H groups in total. The first-order chi connectivity index (χ1) is 6.74. The maximum atomic E-state index is 8.93. The molecule has 0 fully saturated rings. The molecule has 0 aromatic carbocycles. The summed E-state index contributed by atoms with van der Waals surface area (Å²) in [5.41, 5.74) is 0. The molecule has 0 aliphatic rings. The van der Waals surface area contributed by atoms with Gasteiger partial charge in [-0.2, -0.15) is 0 Å². The Bertz CT molecular complexity index is 112. The molecule has 0 aliphatic heterocycles. The molecule has 14 heavy (non-hydrogen) atoms. The fourth-order valence-electron chi connectivity index (χ4n) is 1.85. The topological polar surface area (TPSA) is 20.2 Å². The van der Waals surface area contributed by atoms with E-state index in [0.29, 0.717) is 12.5 Å². The average Bonchev–Trinajstić information content (AvgIpc) is 2.22. The third-order valence-electron chi connectivity index (χ3n) is 3.17. The van der Waals surface area contributed by atoms with Crippen LogP contribution < -0.4 is 0 Å². The summed E-state index contributed by atoms with van der Waals surface area (Å²) in [7, 11) is 0. The monoisotopic (exact) mass is 200 g/mol. The van der Waals surface area contributed by atoms with Crippen LogP contribution in [0.2, 0.25) is 0 Å². The molecule has 0 bridgehead atoms. The van der Waals surface area contributed by atoms with Gasteiger partial charge in [0.2, 0.25) is 0 Å². The van der Waals surface area contributed by atoms with Crippen molar-refractivity contribution in [1.82, 2.24) is 0 Å². The Hall–Kier alpha value is -0.0400. The number of aliphatic hydroxyl groups is 1. The van der Waals surface area contributed by atoms with Gasteiger partial charge in [0.1, 0.15) is 0 Å². The standard InChI is InChI=1S/C13H28O/c1-4-6-7-8-13(5-2)10-9-12(3)11-14/h12-14H,4-11H2,1-3H3. The molecule has 0 amide bonds. The SMILES string of the molecule is CCCCCC(CC)CCC(C)CO. The van der Waals surface area contributed by atoms with Gasteiger partial charge >= 0.3 is 0 Å². The van der Waals surface area contributed by atoms with Crippen molar-refractivity contribution in [3.63, 3.8) is 0 Å². The average molecular weight is 200 g/mol. The van der Waals surface area contributed by atoms with Crippen molar-refractivity contribution in [3.05, 3.63) is 0 Å². The van der Waals surface area contributed by atoms with E-state index in [4.69, 9.17) is 5.11 Å². The summed E-state index contributed by atoms with van der Waals surface area (Å²) in [6.45, 7) is 7.04.